The standard InChI is InChI=1S/C12H15BrFNO2/c1-7-5-8(6-9(14)10(7)13)15-11(16)17-12(2,3)4/h5-6H,1-4H3,(H,15,16). The lowest BCUT2D eigenvalue weighted by Crippen LogP contribution is -2.27. The van der Waals surface area contributed by atoms with E-state index in [1.165, 1.54) is 6.07 Å². The predicted octanol–water partition coefficient (Wildman–Crippen LogP) is 4.24. The Hall–Kier alpha value is -1.10. The number of anilines is 1. The zero-order valence-corrected chi connectivity index (χ0v) is 11.8. The smallest absolute Gasteiger partial charge is 0.412 e. The quantitative estimate of drug-likeness (QED) is 0.842. The number of hydrogen-bond acceptors (Lipinski definition) is 2. The van der Waals surface area contributed by atoms with Gasteiger partial charge < -0.3 is 4.74 Å². The minimum atomic E-state index is -0.598. The van der Waals surface area contributed by atoms with Gasteiger partial charge in [-0.3, -0.25) is 5.32 Å². The molecule has 0 fully saturated rings. The van der Waals surface area contributed by atoms with Crippen molar-refractivity contribution in [3.05, 3.63) is 28.0 Å². The van der Waals surface area contributed by atoms with E-state index in [1.54, 1.807) is 33.8 Å². The average Bonchev–Trinajstić information content (AvgIpc) is 2.10. The van der Waals surface area contributed by atoms with Gasteiger partial charge in [-0.15, -0.1) is 0 Å². The highest BCUT2D eigenvalue weighted by molar-refractivity contribution is 9.10. The molecule has 0 atom stereocenters. The molecule has 94 valence electrons. The van der Waals surface area contributed by atoms with Crippen molar-refractivity contribution in [2.24, 2.45) is 0 Å². The fourth-order valence-corrected chi connectivity index (χ4v) is 1.45. The van der Waals surface area contributed by atoms with Crippen LogP contribution in [0.3, 0.4) is 0 Å². The molecule has 17 heavy (non-hydrogen) atoms. The van der Waals surface area contributed by atoms with Crippen molar-refractivity contribution in [2.45, 2.75) is 33.3 Å². The monoisotopic (exact) mass is 303 g/mol. The van der Waals surface area contributed by atoms with Crippen molar-refractivity contribution in [3.8, 4) is 0 Å². The van der Waals surface area contributed by atoms with Crippen LogP contribution in [0, 0.1) is 12.7 Å². The van der Waals surface area contributed by atoms with E-state index in [-0.39, 0.29) is 0 Å². The second-order valence-electron chi connectivity index (χ2n) is 4.72. The molecule has 5 heteroatoms. The summed E-state index contributed by atoms with van der Waals surface area (Å²) >= 11 is 3.11. The number of carbonyl (C=O) groups is 1. The number of carbonyl (C=O) groups excluding carboxylic acids is 1. The van der Waals surface area contributed by atoms with E-state index >= 15 is 0 Å². The third-order valence-electron chi connectivity index (χ3n) is 1.86. The molecule has 1 rings (SSSR count). The molecule has 0 bridgehead atoms. The molecule has 1 aromatic carbocycles. The van der Waals surface area contributed by atoms with Crippen molar-refractivity contribution in [3.63, 3.8) is 0 Å². The Morgan fingerprint density at radius 2 is 2.00 bits per heavy atom. The molecule has 3 nitrogen and oxygen atoms in total. The number of halogens is 2. The van der Waals surface area contributed by atoms with E-state index in [4.69, 9.17) is 4.74 Å². The van der Waals surface area contributed by atoms with E-state index in [2.05, 4.69) is 21.2 Å². The first-order valence-electron chi connectivity index (χ1n) is 5.15. The Labute approximate surface area is 108 Å². The number of hydrogen-bond donors (Lipinski definition) is 1. The van der Waals surface area contributed by atoms with Crippen molar-refractivity contribution in [1.29, 1.82) is 0 Å². The summed E-state index contributed by atoms with van der Waals surface area (Å²) in [5.74, 6) is -0.420. The Morgan fingerprint density at radius 1 is 1.41 bits per heavy atom. The third-order valence-corrected chi connectivity index (χ3v) is 2.86. The molecule has 0 unspecified atom stereocenters. The number of nitrogens with one attached hydrogen (secondary N) is 1. The van der Waals surface area contributed by atoms with Crippen LogP contribution in [0.5, 0.6) is 0 Å². The van der Waals surface area contributed by atoms with Gasteiger partial charge in [0.05, 0.1) is 4.47 Å². The summed E-state index contributed by atoms with van der Waals surface area (Å²) in [6.45, 7) is 7.04. The fourth-order valence-electron chi connectivity index (χ4n) is 1.22. The van der Waals surface area contributed by atoms with Gasteiger partial charge in [0.2, 0.25) is 0 Å². The van der Waals surface area contributed by atoms with Crippen LogP contribution in [0.15, 0.2) is 16.6 Å². The van der Waals surface area contributed by atoms with Crippen LogP contribution in [-0.4, -0.2) is 11.7 Å². The van der Waals surface area contributed by atoms with Gasteiger partial charge in [0.15, 0.2) is 0 Å². The molecule has 1 aromatic rings. The van der Waals surface area contributed by atoms with Crippen LogP contribution in [0.4, 0.5) is 14.9 Å². The zero-order chi connectivity index (χ0) is 13.2. The molecule has 1 amide bonds. The maximum atomic E-state index is 13.4. The van der Waals surface area contributed by atoms with Crippen molar-refractivity contribution < 1.29 is 13.9 Å². The topological polar surface area (TPSA) is 38.3 Å². The predicted molar refractivity (Wildman–Crippen MR) is 68.7 cm³/mol. The van der Waals surface area contributed by atoms with E-state index in [9.17, 15) is 9.18 Å². The summed E-state index contributed by atoms with van der Waals surface area (Å²) in [5, 5.41) is 2.49. The number of rotatable bonds is 1. The molecular weight excluding hydrogens is 289 g/mol. The summed E-state index contributed by atoms with van der Waals surface area (Å²) in [6.07, 6.45) is -0.598. The van der Waals surface area contributed by atoms with Gasteiger partial charge in [0, 0.05) is 5.69 Å². The van der Waals surface area contributed by atoms with Crippen LogP contribution in [0.1, 0.15) is 26.3 Å². The summed E-state index contributed by atoms with van der Waals surface area (Å²) in [6, 6.07) is 2.90. The summed E-state index contributed by atoms with van der Waals surface area (Å²) in [4.78, 5) is 11.5. The van der Waals surface area contributed by atoms with E-state index in [0.29, 0.717) is 15.7 Å². The first kappa shape index (κ1) is 14.0. The number of benzene rings is 1. The van der Waals surface area contributed by atoms with Crippen molar-refractivity contribution >= 4 is 27.7 Å². The highest BCUT2D eigenvalue weighted by atomic mass is 79.9. The highest BCUT2D eigenvalue weighted by Crippen LogP contribution is 2.24. The highest BCUT2D eigenvalue weighted by Gasteiger charge is 2.16. The molecule has 0 heterocycles. The molecule has 0 spiro atoms. The van der Waals surface area contributed by atoms with Gasteiger partial charge in [-0.1, -0.05) is 0 Å². The van der Waals surface area contributed by atoms with Gasteiger partial charge >= 0.3 is 6.09 Å². The van der Waals surface area contributed by atoms with E-state index in [1.807, 2.05) is 0 Å². The summed E-state index contributed by atoms with van der Waals surface area (Å²) in [7, 11) is 0. The molecule has 0 aliphatic rings. The lowest BCUT2D eigenvalue weighted by Gasteiger charge is -2.19. The van der Waals surface area contributed by atoms with Crippen molar-refractivity contribution in [1.82, 2.24) is 0 Å². The van der Waals surface area contributed by atoms with Gasteiger partial charge in [-0.25, -0.2) is 9.18 Å². The van der Waals surface area contributed by atoms with Crippen molar-refractivity contribution in [2.75, 3.05) is 5.32 Å². The number of amides is 1. The van der Waals surface area contributed by atoms with E-state index < -0.39 is 17.5 Å². The van der Waals surface area contributed by atoms with Gasteiger partial charge in [0.25, 0.3) is 0 Å². The fraction of sp³-hybridized carbons (Fsp3) is 0.417. The van der Waals surface area contributed by atoms with Crippen LogP contribution >= 0.6 is 15.9 Å². The molecule has 0 aromatic heterocycles. The SMILES string of the molecule is Cc1cc(NC(=O)OC(C)(C)C)cc(F)c1Br. The Kier molecular flexibility index (Phi) is 4.14. The van der Waals surface area contributed by atoms with Crippen LogP contribution < -0.4 is 5.32 Å². The summed E-state index contributed by atoms with van der Waals surface area (Å²) in [5.41, 5.74) is 0.501. The first-order valence-corrected chi connectivity index (χ1v) is 5.94. The maximum absolute atomic E-state index is 13.4. The minimum absolute atomic E-state index is 0.373. The minimum Gasteiger partial charge on any atom is -0.444 e. The number of aryl methyl sites for hydroxylation is 1. The molecule has 0 aliphatic carbocycles. The Balaban J connectivity index is 2.79. The Bertz CT molecular complexity index is 418. The van der Waals surface area contributed by atoms with E-state index in [0.717, 1.165) is 0 Å². The first-order chi connectivity index (χ1) is 7.69. The maximum Gasteiger partial charge on any atom is 0.412 e. The molecular formula is C12H15BrFNO2. The van der Waals surface area contributed by atoms with Crippen LogP contribution in [0.25, 0.3) is 0 Å². The average molecular weight is 304 g/mol. The van der Waals surface area contributed by atoms with Gasteiger partial charge in [-0.05, 0) is 61.3 Å². The van der Waals surface area contributed by atoms with Crippen LogP contribution in [0.2, 0.25) is 0 Å². The van der Waals surface area contributed by atoms with Gasteiger partial charge in [0.1, 0.15) is 11.4 Å². The lowest BCUT2D eigenvalue weighted by atomic mass is 10.2. The Morgan fingerprint density at radius 3 is 2.47 bits per heavy atom. The normalized spacial score (nSPS) is 11.2. The lowest BCUT2D eigenvalue weighted by molar-refractivity contribution is 0.0636. The molecule has 1 N–H and O–H groups in total. The van der Waals surface area contributed by atoms with Gasteiger partial charge in [-0.2, -0.15) is 0 Å². The molecule has 0 saturated heterocycles. The van der Waals surface area contributed by atoms with Crippen LogP contribution in [-0.2, 0) is 4.74 Å². The third kappa shape index (κ3) is 4.34. The largest absolute Gasteiger partial charge is 0.444 e. The summed E-state index contributed by atoms with van der Waals surface area (Å²) < 4.78 is 18.9. The molecule has 0 saturated carbocycles. The zero-order valence-electron chi connectivity index (χ0n) is 10.2. The second kappa shape index (κ2) is 5.04. The number of ether oxygens (including phenoxy) is 1. The molecule has 0 radical (unpaired) electrons. The molecule has 0 aliphatic heterocycles. The second-order valence-corrected chi connectivity index (χ2v) is 5.51.